The van der Waals surface area contributed by atoms with E-state index in [0.29, 0.717) is 18.8 Å². The van der Waals surface area contributed by atoms with Gasteiger partial charge < -0.3 is 4.90 Å². The van der Waals surface area contributed by atoms with Crippen LogP contribution in [0.15, 0.2) is 36.9 Å². The monoisotopic (exact) mass is 261 g/mol. The molecule has 2 aromatic rings. The number of carbonyl (C=O) groups excluding carboxylic acids is 1. The van der Waals surface area contributed by atoms with Gasteiger partial charge in [0.25, 0.3) is 5.91 Å². The first-order chi connectivity index (χ1) is 8.67. The van der Waals surface area contributed by atoms with E-state index in [1.165, 1.54) is 11.3 Å². The molecule has 1 amide bonds. The summed E-state index contributed by atoms with van der Waals surface area (Å²) in [6.07, 6.45) is 5.18. The summed E-state index contributed by atoms with van der Waals surface area (Å²) < 4.78 is 1.93. The van der Waals surface area contributed by atoms with Gasteiger partial charge in [-0.3, -0.25) is 9.20 Å². The molecule has 2 rings (SSSR count). The molecule has 2 heterocycles. The summed E-state index contributed by atoms with van der Waals surface area (Å²) in [6, 6.07) is 0. The quantitative estimate of drug-likeness (QED) is 0.776. The van der Waals surface area contributed by atoms with Crippen LogP contribution in [0.25, 0.3) is 4.96 Å². The lowest BCUT2D eigenvalue weighted by atomic mass is 10.3. The zero-order chi connectivity index (χ0) is 13.1. The highest BCUT2D eigenvalue weighted by Gasteiger charge is 2.17. The fourth-order valence-corrected chi connectivity index (χ4v) is 2.56. The van der Waals surface area contributed by atoms with Crippen molar-refractivity contribution < 1.29 is 4.79 Å². The van der Waals surface area contributed by atoms with Crippen molar-refractivity contribution in [3.05, 3.63) is 48.3 Å². The van der Waals surface area contributed by atoms with Crippen molar-refractivity contribution in [2.24, 2.45) is 0 Å². The van der Waals surface area contributed by atoms with E-state index < -0.39 is 0 Å². The Kier molecular flexibility index (Phi) is 3.62. The molecule has 0 bridgehead atoms. The lowest BCUT2D eigenvalue weighted by Gasteiger charge is -2.17. The SMILES string of the molecule is C=CCN(CC=C)C(=O)c1cn2c(C)csc2n1. The number of nitrogens with zero attached hydrogens (tertiary/aromatic N) is 3. The Balaban J connectivity index is 2.30. The number of hydrogen-bond donors (Lipinski definition) is 0. The first-order valence-electron chi connectivity index (χ1n) is 5.61. The summed E-state index contributed by atoms with van der Waals surface area (Å²) in [4.78, 5) is 19.1. The Morgan fingerprint density at radius 2 is 2.17 bits per heavy atom. The van der Waals surface area contributed by atoms with Gasteiger partial charge >= 0.3 is 0 Å². The zero-order valence-corrected chi connectivity index (χ0v) is 11.1. The van der Waals surface area contributed by atoms with E-state index in [1.54, 1.807) is 23.2 Å². The van der Waals surface area contributed by atoms with Gasteiger partial charge in [0, 0.05) is 30.4 Å². The van der Waals surface area contributed by atoms with Crippen LogP contribution in [0.5, 0.6) is 0 Å². The second-order valence-corrected chi connectivity index (χ2v) is 4.78. The summed E-state index contributed by atoms with van der Waals surface area (Å²) >= 11 is 1.53. The molecule has 4 nitrogen and oxygen atoms in total. The summed E-state index contributed by atoms with van der Waals surface area (Å²) in [7, 11) is 0. The molecular formula is C13H15N3OS. The molecule has 0 aliphatic carbocycles. The van der Waals surface area contributed by atoms with Gasteiger partial charge in [-0.15, -0.1) is 24.5 Å². The summed E-state index contributed by atoms with van der Waals surface area (Å²) in [5.74, 6) is -0.0925. The molecule has 2 aromatic heterocycles. The van der Waals surface area contributed by atoms with Crippen molar-refractivity contribution >= 4 is 22.2 Å². The average molecular weight is 261 g/mol. The molecule has 0 fully saturated rings. The molecule has 0 radical (unpaired) electrons. The minimum atomic E-state index is -0.0925. The zero-order valence-electron chi connectivity index (χ0n) is 10.3. The van der Waals surface area contributed by atoms with Gasteiger partial charge in [0.05, 0.1) is 0 Å². The van der Waals surface area contributed by atoms with Crippen molar-refractivity contribution in [3.63, 3.8) is 0 Å². The van der Waals surface area contributed by atoms with Crippen molar-refractivity contribution in [2.75, 3.05) is 13.1 Å². The fourth-order valence-electron chi connectivity index (χ4n) is 1.71. The van der Waals surface area contributed by atoms with Crippen LogP contribution < -0.4 is 0 Å². The number of amides is 1. The number of aromatic nitrogens is 2. The van der Waals surface area contributed by atoms with Crippen LogP contribution in [0.4, 0.5) is 0 Å². The van der Waals surface area contributed by atoms with Gasteiger partial charge in [-0.05, 0) is 6.92 Å². The van der Waals surface area contributed by atoms with Gasteiger partial charge in [-0.1, -0.05) is 12.2 Å². The second kappa shape index (κ2) is 5.18. The molecule has 0 saturated carbocycles. The molecule has 0 N–H and O–H groups in total. The number of imidazole rings is 1. The molecule has 0 unspecified atom stereocenters. The number of fused-ring (bicyclic) bond motifs is 1. The van der Waals surface area contributed by atoms with Crippen LogP contribution in [0.3, 0.4) is 0 Å². The molecular weight excluding hydrogens is 246 g/mol. The normalized spacial score (nSPS) is 10.5. The first-order valence-corrected chi connectivity index (χ1v) is 6.49. The van der Waals surface area contributed by atoms with E-state index in [-0.39, 0.29) is 5.91 Å². The van der Waals surface area contributed by atoms with E-state index in [4.69, 9.17) is 0 Å². The lowest BCUT2D eigenvalue weighted by Crippen LogP contribution is -2.31. The largest absolute Gasteiger partial charge is 0.330 e. The van der Waals surface area contributed by atoms with E-state index >= 15 is 0 Å². The highest BCUT2D eigenvalue weighted by Crippen LogP contribution is 2.16. The Morgan fingerprint density at radius 1 is 1.50 bits per heavy atom. The molecule has 0 atom stereocenters. The van der Waals surface area contributed by atoms with E-state index in [1.807, 2.05) is 16.7 Å². The van der Waals surface area contributed by atoms with Gasteiger partial charge in [0.2, 0.25) is 0 Å². The molecule has 5 heteroatoms. The Bertz CT molecular complexity index is 586. The topological polar surface area (TPSA) is 37.6 Å². The Morgan fingerprint density at radius 3 is 2.72 bits per heavy atom. The smallest absolute Gasteiger partial charge is 0.274 e. The maximum Gasteiger partial charge on any atom is 0.274 e. The maximum atomic E-state index is 12.3. The lowest BCUT2D eigenvalue weighted by molar-refractivity contribution is 0.0786. The predicted molar refractivity (Wildman–Crippen MR) is 74.1 cm³/mol. The minimum absolute atomic E-state index is 0.0925. The number of thiazole rings is 1. The minimum Gasteiger partial charge on any atom is -0.330 e. The molecule has 18 heavy (non-hydrogen) atoms. The van der Waals surface area contributed by atoms with E-state index in [2.05, 4.69) is 18.1 Å². The molecule has 0 aromatic carbocycles. The predicted octanol–water partition coefficient (Wildman–Crippen LogP) is 2.52. The molecule has 0 aliphatic rings. The van der Waals surface area contributed by atoms with E-state index in [9.17, 15) is 4.79 Å². The van der Waals surface area contributed by atoms with Gasteiger partial charge in [-0.2, -0.15) is 0 Å². The number of hydrogen-bond acceptors (Lipinski definition) is 3. The second-order valence-electron chi connectivity index (χ2n) is 3.94. The molecule has 0 saturated heterocycles. The van der Waals surface area contributed by atoms with Crippen molar-refractivity contribution in [1.82, 2.24) is 14.3 Å². The van der Waals surface area contributed by atoms with Crippen LogP contribution in [0, 0.1) is 6.92 Å². The van der Waals surface area contributed by atoms with Gasteiger partial charge in [0.1, 0.15) is 5.69 Å². The standard InChI is InChI=1S/C13H15N3OS/c1-4-6-15(7-5-2)12(17)11-8-16-10(3)9-18-13(16)14-11/h4-5,8-9H,1-2,6-7H2,3H3. The van der Waals surface area contributed by atoms with Crippen molar-refractivity contribution in [1.29, 1.82) is 0 Å². The fraction of sp³-hybridized carbons (Fsp3) is 0.231. The van der Waals surface area contributed by atoms with Gasteiger partial charge in [0.15, 0.2) is 4.96 Å². The first kappa shape index (κ1) is 12.6. The van der Waals surface area contributed by atoms with Crippen LogP contribution >= 0.6 is 11.3 Å². The van der Waals surface area contributed by atoms with Crippen LogP contribution in [0.2, 0.25) is 0 Å². The molecule has 94 valence electrons. The summed E-state index contributed by atoms with van der Waals surface area (Å²) in [6.45, 7) is 10.3. The van der Waals surface area contributed by atoms with Gasteiger partial charge in [-0.25, -0.2) is 4.98 Å². The third-order valence-electron chi connectivity index (χ3n) is 2.59. The Labute approximate surface area is 110 Å². The maximum absolute atomic E-state index is 12.3. The number of rotatable bonds is 5. The number of carbonyl (C=O) groups is 1. The van der Waals surface area contributed by atoms with Crippen LogP contribution in [-0.4, -0.2) is 33.3 Å². The van der Waals surface area contributed by atoms with E-state index in [0.717, 1.165) is 10.7 Å². The highest BCUT2D eigenvalue weighted by molar-refractivity contribution is 7.15. The van der Waals surface area contributed by atoms with Crippen molar-refractivity contribution in [2.45, 2.75) is 6.92 Å². The summed E-state index contributed by atoms with van der Waals surface area (Å²) in [5.41, 5.74) is 1.55. The van der Waals surface area contributed by atoms with Crippen LogP contribution in [0.1, 0.15) is 16.2 Å². The average Bonchev–Trinajstić information content (AvgIpc) is 2.91. The third kappa shape index (κ3) is 2.22. The van der Waals surface area contributed by atoms with Crippen molar-refractivity contribution in [3.8, 4) is 0 Å². The Hall–Kier alpha value is -1.88. The highest BCUT2D eigenvalue weighted by atomic mass is 32.1. The summed E-state index contributed by atoms with van der Waals surface area (Å²) in [5, 5.41) is 2.02. The molecule has 0 aliphatic heterocycles. The molecule has 0 spiro atoms. The number of aryl methyl sites for hydroxylation is 1. The third-order valence-corrected chi connectivity index (χ3v) is 3.55. The van der Waals surface area contributed by atoms with Crippen LogP contribution in [-0.2, 0) is 0 Å².